The molecule has 18 heavy (non-hydrogen) atoms. The van der Waals surface area contributed by atoms with Gasteiger partial charge in [-0.3, -0.25) is 4.79 Å². The van der Waals surface area contributed by atoms with Crippen LogP contribution in [0.2, 0.25) is 0 Å². The average molecular weight is 254 g/mol. The van der Waals surface area contributed by atoms with Crippen LogP contribution >= 0.6 is 0 Å². The third-order valence-electron chi connectivity index (χ3n) is 4.15. The molecule has 0 saturated carbocycles. The maximum absolute atomic E-state index is 11.9. The van der Waals surface area contributed by atoms with E-state index in [-0.39, 0.29) is 11.9 Å². The Morgan fingerprint density at radius 3 is 3.00 bits per heavy atom. The highest BCUT2D eigenvalue weighted by Gasteiger charge is 2.22. The highest BCUT2D eigenvalue weighted by molar-refractivity contribution is 5.76. The van der Waals surface area contributed by atoms with Crippen molar-refractivity contribution in [2.75, 3.05) is 19.7 Å². The van der Waals surface area contributed by atoms with Crippen molar-refractivity contribution in [2.24, 2.45) is 5.92 Å². The van der Waals surface area contributed by atoms with Gasteiger partial charge >= 0.3 is 0 Å². The summed E-state index contributed by atoms with van der Waals surface area (Å²) in [5, 5.41) is 6.53. The predicted molar refractivity (Wildman–Crippen MR) is 71.4 cm³/mol. The molecule has 4 heteroatoms. The zero-order valence-corrected chi connectivity index (χ0v) is 11.4. The zero-order chi connectivity index (χ0) is 12.8. The van der Waals surface area contributed by atoms with Crippen LogP contribution < -0.4 is 10.6 Å². The summed E-state index contributed by atoms with van der Waals surface area (Å²) >= 11 is 0. The maximum atomic E-state index is 11.9. The molecule has 0 aromatic heterocycles. The maximum Gasteiger partial charge on any atom is 0.220 e. The standard InChI is InChI=1S/C14H26N2O2/c1-11(12-4-2-8-15-10-12)16-14(17)7-6-13-5-3-9-18-13/h11-13,15H,2-10H2,1H3,(H,16,17). The van der Waals surface area contributed by atoms with Crippen LogP contribution in [0.3, 0.4) is 0 Å². The Kier molecular flexibility index (Phi) is 5.45. The second-order valence-corrected chi connectivity index (χ2v) is 5.64. The number of rotatable bonds is 5. The SMILES string of the molecule is CC(NC(=O)CCC1CCCO1)C1CCCNC1. The monoisotopic (exact) mass is 254 g/mol. The molecule has 0 aromatic carbocycles. The van der Waals surface area contributed by atoms with Gasteiger partial charge in [-0.2, -0.15) is 0 Å². The van der Waals surface area contributed by atoms with E-state index in [4.69, 9.17) is 4.74 Å². The first-order valence-corrected chi connectivity index (χ1v) is 7.37. The number of carbonyl (C=O) groups is 1. The van der Waals surface area contributed by atoms with E-state index < -0.39 is 0 Å². The third kappa shape index (κ3) is 4.25. The first-order valence-electron chi connectivity index (χ1n) is 7.37. The van der Waals surface area contributed by atoms with Gasteiger partial charge in [0.2, 0.25) is 5.91 Å². The van der Waals surface area contributed by atoms with E-state index in [0.717, 1.165) is 39.0 Å². The Morgan fingerprint density at radius 2 is 2.33 bits per heavy atom. The summed E-state index contributed by atoms with van der Waals surface area (Å²) in [7, 11) is 0. The number of hydrogen-bond acceptors (Lipinski definition) is 3. The molecule has 2 aliphatic rings. The van der Waals surface area contributed by atoms with E-state index in [0.29, 0.717) is 18.4 Å². The van der Waals surface area contributed by atoms with Gasteiger partial charge in [0, 0.05) is 19.1 Å². The molecule has 2 aliphatic heterocycles. The Morgan fingerprint density at radius 1 is 1.44 bits per heavy atom. The van der Waals surface area contributed by atoms with E-state index in [1.165, 1.54) is 12.8 Å². The molecule has 2 saturated heterocycles. The van der Waals surface area contributed by atoms with Gasteiger partial charge in [-0.05, 0) is 58.0 Å². The van der Waals surface area contributed by atoms with E-state index >= 15 is 0 Å². The van der Waals surface area contributed by atoms with Crippen molar-refractivity contribution in [1.82, 2.24) is 10.6 Å². The Bertz CT molecular complexity index is 259. The molecule has 0 bridgehead atoms. The molecule has 0 spiro atoms. The molecule has 0 aromatic rings. The van der Waals surface area contributed by atoms with Crippen molar-refractivity contribution in [1.29, 1.82) is 0 Å². The summed E-state index contributed by atoms with van der Waals surface area (Å²) in [4.78, 5) is 11.9. The van der Waals surface area contributed by atoms with Gasteiger partial charge in [-0.15, -0.1) is 0 Å². The lowest BCUT2D eigenvalue weighted by Crippen LogP contribution is -2.44. The van der Waals surface area contributed by atoms with Gasteiger partial charge in [0.15, 0.2) is 0 Å². The van der Waals surface area contributed by atoms with Crippen LogP contribution in [0.15, 0.2) is 0 Å². The van der Waals surface area contributed by atoms with Crippen molar-refractivity contribution >= 4 is 5.91 Å². The second-order valence-electron chi connectivity index (χ2n) is 5.64. The quantitative estimate of drug-likeness (QED) is 0.781. The zero-order valence-electron chi connectivity index (χ0n) is 11.4. The summed E-state index contributed by atoms with van der Waals surface area (Å²) in [5.74, 6) is 0.772. The van der Waals surface area contributed by atoms with Gasteiger partial charge in [0.1, 0.15) is 0 Å². The molecule has 3 unspecified atom stereocenters. The minimum absolute atomic E-state index is 0.184. The van der Waals surface area contributed by atoms with Crippen LogP contribution in [0.4, 0.5) is 0 Å². The fourth-order valence-corrected chi connectivity index (χ4v) is 2.91. The fraction of sp³-hybridized carbons (Fsp3) is 0.929. The number of nitrogens with one attached hydrogen (secondary N) is 2. The first kappa shape index (κ1) is 13.8. The minimum Gasteiger partial charge on any atom is -0.378 e. The molecule has 104 valence electrons. The number of amides is 1. The fourth-order valence-electron chi connectivity index (χ4n) is 2.91. The lowest BCUT2D eigenvalue weighted by Gasteiger charge is -2.29. The number of hydrogen-bond donors (Lipinski definition) is 2. The van der Waals surface area contributed by atoms with E-state index in [1.54, 1.807) is 0 Å². The highest BCUT2D eigenvalue weighted by Crippen LogP contribution is 2.17. The summed E-state index contributed by atoms with van der Waals surface area (Å²) in [6.07, 6.45) is 6.52. The summed E-state index contributed by atoms with van der Waals surface area (Å²) < 4.78 is 5.53. The minimum atomic E-state index is 0.184. The molecule has 2 heterocycles. The summed E-state index contributed by atoms with van der Waals surface area (Å²) in [5.41, 5.74) is 0. The van der Waals surface area contributed by atoms with Gasteiger partial charge in [-0.25, -0.2) is 0 Å². The summed E-state index contributed by atoms with van der Waals surface area (Å²) in [6.45, 7) is 5.15. The molecular weight excluding hydrogens is 228 g/mol. The Balaban J connectivity index is 1.62. The topological polar surface area (TPSA) is 50.4 Å². The molecule has 0 radical (unpaired) electrons. The van der Waals surface area contributed by atoms with Gasteiger partial charge < -0.3 is 15.4 Å². The number of ether oxygens (including phenoxy) is 1. The van der Waals surface area contributed by atoms with Crippen LogP contribution in [0, 0.1) is 5.92 Å². The molecule has 2 N–H and O–H groups in total. The number of carbonyl (C=O) groups excluding carboxylic acids is 1. The van der Waals surface area contributed by atoms with Crippen molar-refractivity contribution in [3.8, 4) is 0 Å². The van der Waals surface area contributed by atoms with Crippen LogP contribution in [-0.4, -0.2) is 37.7 Å². The van der Waals surface area contributed by atoms with Crippen molar-refractivity contribution in [3.63, 3.8) is 0 Å². The smallest absolute Gasteiger partial charge is 0.220 e. The van der Waals surface area contributed by atoms with Gasteiger partial charge in [0.05, 0.1) is 6.10 Å². The number of piperidine rings is 1. The molecular formula is C14H26N2O2. The third-order valence-corrected chi connectivity index (χ3v) is 4.15. The predicted octanol–water partition coefficient (Wildman–Crippen LogP) is 1.45. The van der Waals surface area contributed by atoms with E-state index in [2.05, 4.69) is 17.6 Å². The Labute approximate surface area is 110 Å². The van der Waals surface area contributed by atoms with E-state index in [1.807, 2.05) is 0 Å². The molecule has 4 nitrogen and oxygen atoms in total. The van der Waals surface area contributed by atoms with Crippen LogP contribution in [0.5, 0.6) is 0 Å². The largest absolute Gasteiger partial charge is 0.378 e. The highest BCUT2D eigenvalue weighted by atomic mass is 16.5. The van der Waals surface area contributed by atoms with Crippen LogP contribution in [-0.2, 0) is 9.53 Å². The van der Waals surface area contributed by atoms with Gasteiger partial charge in [0.25, 0.3) is 0 Å². The van der Waals surface area contributed by atoms with Crippen LogP contribution in [0.25, 0.3) is 0 Å². The first-order chi connectivity index (χ1) is 8.75. The summed E-state index contributed by atoms with van der Waals surface area (Å²) in [6, 6.07) is 0.287. The molecule has 2 fully saturated rings. The van der Waals surface area contributed by atoms with Crippen LogP contribution in [0.1, 0.15) is 45.4 Å². The molecule has 1 amide bonds. The second kappa shape index (κ2) is 7.10. The lowest BCUT2D eigenvalue weighted by atomic mass is 9.92. The van der Waals surface area contributed by atoms with Crippen molar-refractivity contribution in [2.45, 2.75) is 57.6 Å². The van der Waals surface area contributed by atoms with Crippen molar-refractivity contribution < 1.29 is 9.53 Å². The average Bonchev–Trinajstić information content (AvgIpc) is 2.90. The Hall–Kier alpha value is -0.610. The van der Waals surface area contributed by atoms with Gasteiger partial charge in [-0.1, -0.05) is 0 Å². The van der Waals surface area contributed by atoms with Crippen molar-refractivity contribution in [3.05, 3.63) is 0 Å². The lowest BCUT2D eigenvalue weighted by molar-refractivity contribution is -0.122. The molecule has 3 atom stereocenters. The van der Waals surface area contributed by atoms with E-state index in [9.17, 15) is 4.79 Å². The molecule has 0 aliphatic carbocycles. The normalized spacial score (nSPS) is 30.1. The molecule has 2 rings (SSSR count).